The number of aromatic nitrogens is 2. The van der Waals surface area contributed by atoms with Gasteiger partial charge in [0.15, 0.2) is 5.65 Å². The Morgan fingerprint density at radius 2 is 1.93 bits per heavy atom. The number of hydrogen-bond donors (Lipinski definition) is 1. The van der Waals surface area contributed by atoms with Crippen molar-refractivity contribution in [1.29, 1.82) is 0 Å². The molecule has 1 aromatic carbocycles. The van der Waals surface area contributed by atoms with Crippen molar-refractivity contribution in [3.63, 3.8) is 0 Å². The fraction of sp³-hybridized carbons (Fsp3) is 0.250. The predicted octanol–water partition coefficient (Wildman–Crippen LogP) is 5.74. The molecule has 0 amide bonds. The van der Waals surface area contributed by atoms with Crippen LogP contribution in [-0.2, 0) is 4.74 Å². The van der Waals surface area contributed by atoms with E-state index in [-0.39, 0.29) is 18.5 Å². The van der Waals surface area contributed by atoms with Gasteiger partial charge in [0.1, 0.15) is 5.56 Å². The predicted molar refractivity (Wildman–Crippen MR) is 114 cm³/mol. The van der Waals surface area contributed by atoms with Crippen LogP contribution < -0.4 is 5.32 Å². The number of aryl methyl sites for hydroxylation is 2. The van der Waals surface area contributed by atoms with Crippen molar-refractivity contribution in [3.8, 4) is 0 Å². The summed E-state index contributed by atoms with van der Waals surface area (Å²) < 4.78 is 6.39. The van der Waals surface area contributed by atoms with Gasteiger partial charge in [0.05, 0.1) is 11.8 Å². The summed E-state index contributed by atoms with van der Waals surface area (Å²) in [4.78, 5) is 21.4. The van der Waals surface area contributed by atoms with Crippen LogP contribution in [0.1, 0.15) is 35.5 Å². The number of pyridine rings is 2. The second kappa shape index (κ2) is 8.67. The zero-order chi connectivity index (χ0) is 18.8. The minimum Gasteiger partial charge on any atom is -0.459 e. The van der Waals surface area contributed by atoms with Gasteiger partial charge in [-0.3, -0.25) is 0 Å². The highest BCUT2D eigenvalue weighted by Gasteiger charge is 2.19. The van der Waals surface area contributed by atoms with E-state index in [2.05, 4.69) is 31.2 Å². The van der Waals surface area contributed by atoms with E-state index < -0.39 is 5.97 Å². The van der Waals surface area contributed by atoms with E-state index in [0.717, 1.165) is 26.8 Å². The highest BCUT2D eigenvalue weighted by Crippen LogP contribution is 2.31. The number of nitrogens with zero attached hydrogens (tertiary/aromatic N) is 2. The highest BCUT2D eigenvalue weighted by molar-refractivity contribution is 9.10. The van der Waals surface area contributed by atoms with E-state index >= 15 is 0 Å². The van der Waals surface area contributed by atoms with Crippen LogP contribution >= 0.6 is 28.3 Å². The molecule has 0 spiro atoms. The van der Waals surface area contributed by atoms with Gasteiger partial charge < -0.3 is 10.1 Å². The monoisotopic (exact) mass is 449 g/mol. The van der Waals surface area contributed by atoms with Crippen molar-refractivity contribution in [1.82, 2.24) is 9.97 Å². The lowest BCUT2D eigenvalue weighted by Crippen LogP contribution is -2.14. The number of fused-ring (bicyclic) bond motifs is 1. The van der Waals surface area contributed by atoms with E-state index in [1.54, 1.807) is 0 Å². The molecule has 2 aromatic heterocycles. The van der Waals surface area contributed by atoms with Crippen molar-refractivity contribution in [2.45, 2.75) is 33.8 Å². The molecule has 7 heteroatoms. The molecular formula is C20H21BrClN3O2. The number of hydrogen-bond acceptors (Lipinski definition) is 5. The third-order valence-electron chi connectivity index (χ3n) is 3.88. The van der Waals surface area contributed by atoms with Crippen LogP contribution in [0.15, 0.2) is 41.0 Å². The molecule has 1 N–H and O–H groups in total. The molecule has 0 aliphatic rings. The molecule has 5 nitrogen and oxygen atoms in total. The van der Waals surface area contributed by atoms with E-state index in [9.17, 15) is 4.79 Å². The van der Waals surface area contributed by atoms with Gasteiger partial charge in [0.2, 0.25) is 0 Å². The summed E-state index contributed by atoms with van der Waals surface area (Å²) in [6.07, 6.45) is 1.31. The number of nitrogens with one attached hydrogen (secondary N) is 1. The standard InChI is InChI=1S/C20H20BrN3O2.ClH/c1-11(2)26-20(25)16-10-22-19-15(7-5-13(4)23-19)18(16)24-17-8-6-14(21)9-12(17)3;/h5-11H,1-4H3,(H,22,23,24);1H. The summed E-state index contributed by atoms with van der Waals surface area (Å²) in [6.45, 7) is 7.56. The van der Waals surface area contributed by atoms with Crippen LogP contribution in [-0.4, -0.2) is 22.0 Å². The molecule has 0 atom stereocenters. The molecule has 0 bridgehead atoms. The molecule has 0 aliphatic heterocycles. The maximum Gasteiger partial charge on any atom is 0.342 e. The summed E-state index contributed by atoms with van der Waals surface area (Å²) in [7, 11) is 0. The number of esters is 1. The smallest absolute Gasteiger partial charge is 0.342 e. The topological polar surface area (TPSA) is 64.1 Å². The summed E-state index contributed by atoms with van der Waals surface area (Å²) in [6, 6.07) is 9.76. The zero-order valence-corrected chi connectivity index (χ0v) is 17.9. The Morgan fingerprint density at radius 3 is 2.59 bits per heavy atom. The number of carbonyl (C=O) groups is 1. The first kappa shape index (κ1) is 21.1. The fourth-order valence-corrected chi connectivity index (χ4v) is 3.12. The van der Waals surface area contributed by atoms with Crippen molar-refractivity contribution in [3.05, 3.63) is 57.8 Å². The largest absolute Gasteiger partial charge is 0.459 e. The number of halogens is 2. The molecule has 0 saturated heterocycles. The highest BCUT2D eigenvalue weighted by atomic mass is 79.9. The summed E-state index contributed by atoms with van der Waals surface area (Å²) in [5.74, 6) is -0.410. The van der Waals surface area contributed by atoms with Crippen LogP contribution in [0, 0.1) is 13.8 Å². The minimum absolute atomic E-state index is 0. The van der Waals surface area contributed by atoms with E-state index in [1.165, 1.54) is 6.20 Å². The number of anilines is 2. The molecular weight excluding hydrogens is 430 g/mol. The molecule has 3 rings (SSSR count). The Kier molecular flexibility index (Phi) is 6.78. The van der Waals surface area contributed by atoms with Gasteiger partial charge in [0, 0.05) is 27.4 Å². The lowest BCUT2D eigenvalue weighted by molar-refractivity contribution is 0.0379. The lowest BCUT2D eigenvalue weighted by Gasteiger charge is -2.16. The Balaban J connectivity index is 0.00000261. The van der Waals surface area contributed by atoms with Crippen molar-refractivity contribution < 1.29 is 9.53 Å². The van der Waals surface area contributed by atoms with E-state index in [1.807, 2.05) is 58.0 Å². The Morgan fingerprint density at radius 1 is 1.19 bits per heavy atom. The van der Waals surface area contributed by atoms with Gasteiger partial charge in [-0.2, -0.15) is 0 Å². The maximum atomic E-state index is 12.6. The molecule has 0 saturated carbocycles. The third kappa shape index (κ3) is 4.76. The molecule has 3 aromatic rings. The molecule has 0 unspecified atom stereocenters. The molecule has 0 aliphatic carbocycles. The summed E-state index contributed by atoms with van der Waals surface area (Å²) in [5, 5.41) is 4.16. The normalized spacial score (nSPS) is 10.6. The average Bonchev–Trinajstić information content (AvgIpc) is 2.56. The van der Waals surface area contributed by atoms with Crippen LogP contribution in [0.2, 0.25) is 0 Å². The van der Waals surface area contributed by atoms with Crippen molar-refractivity contribution >= 4 is 56.7 Å². The maximum absolute atomic E-state index is 12.6. The molecule has 142 valence electrons. The summed E-state index contributed by atoms with van der Waals surface area (Å²) in [5.41, 5.74) is 4.45. The van der Waals surface area contributed by atoms with Crippen molar-refractivity contribution in [2.24, 2.45) is 0 Å². The van der Waals surface area contributed by atoms with Gasteiger partial charge >= 0.3 is 5.97 Å². The Hall–Kier alpha value is -2.18. The van der Waals surface area contributed by atoms with Gasteiger partial charge in [-0.05, 0) is 63.6 Å². The van der Waals surface area contributed by atoms with Crippen LogP contribution in [0.25, 0.3) is 11.0 Å². The first-order valence-electron chi connectivity index (χ1n) is 8.35. The van der Waals surface area contributed by atoms with E-state index in [4.69, 9.17) is 4.74 Å². The van der Waals surface area contributed by atoms with Gasteiger partial charge in [0.25, 0.3) is 0 Å². The Bertz CT molecular complexity index is 992. The van der Waals surface area contributed by atoms with Crippen LogP contribution in [0.3, 0.4) is 0 Å². The first-order valence-corrected chi connectivity index (χ1v) is 9.15. The fourth-order valence-electron chi connectivity index (χ4n) is 2.64. The number of ether oxygens (including phenoxy) is 1. The number of carbonyl (C=O) groups excluding carboxylic acids is 1. The second-order valence-corrected chi connectivity index (χ2v) is 7.32. The van der Waals surface area contributed by atoms with Gasteiger partial charge in [-0.1, -0.05) is 15.9 Å². The minimum atomic E-state index is -0.410. The van der Waals surface area contributed by atoms with Gasteiger partial charge in [-0.15, -0.1) is 12.4 Å². The van der Waals surface area contributed by atoms with Gasteiger partial charge in [-0.25, -0.2) is 14.8 Å². The SMILES string of the molecule is Cc1ccc2c(Nc3ccc(Br)cc3C)c(C(=O)OC(C)C)cnc2n1.Cl. The number of rotatable bonds is 4. The second-order valence-electron chi connectivity index (χ2n) is 6.41. The molecule has 27 heavy (non-hydrogen) atoms. The summed E-state index contributed by atoms with van der Waals surface area (Å²) >= 11 is 3.47. The third-order valence-corrected chi connectivity index (χ3v) is 4.37. The molecule has 0 fully saturated rings. The lowest BCUT2D eigenvalue weighted by atomic mass is 10.1. The molecule has 0 radical (unpaired) electrons. The average molecular weight is 451 g/mol. The Labute approximate surface area is 173 Å². The zero-order valence-electron chi connectivity index (χ0n) is 15.5. The molecule has 2 heterocycles. The number of benzene rings is 1. The van der Waals surface area contributed by atoms with Crippen molar-refractivity contribution in [2.75, 3.05) is 5.32 Å². The quantitative estimate of drug-likeness (QED) is 0.513. The van der Waals surface area contributed by atoms with Crippen LogP contribution in [0.4, 0.5) is 11.4 Å². The van der Waals surface area contributed by atoms with Crippen LogP contribution in [0.5, 0.6) is 0 Å². The first-order chi connectivity index (χ1) is 12.3. The van der Waals surface area contributed by atoms with E-state index in [0.29, 0.717) is 16.9 Å².